The molecule has 0 aromatic heterocycles. The summed E-state index contributed by atoms with van der Waals surface area (Å²) in [4.78, 5) is 37.9. The number of fused-ring (bicyclic) bond motifs is 1. The second kappa shape index (κ2) is 8.66. The van der Waals surface area contributed by atoms with Crippen LogP contribution in [0.25, 0.3) is 0 Å². The summed E-state index contributed by atoms with van der Waals surface area (Å²) in [5.41, 5.74) is -1.03. The molecule has 0 saturated carbocycles. The highest BCUT2D eigenvalue weighted by atomic mass is 32.2. The summed E-state index contributed by atoms with van der Waals surface area (Å²) in [7, 11) is 0. The van der Waals surface area contributed by atoms with Crippen LogP contribution in [0.4, 0.5) is 0 Å². The number of ether oxygens (including phenoxy) is 2. The van der Waals surface area contributed by atoms with E-state index in [1.165, 1.54) is 16.7 Å². The number of nitrogens with zero attached hydrogens (tertiary/aromatic N) is 1. The zero-order valence-corrected chi connectivity index (χ0v) is 15.7. The fourth-order valence-electron chi connectivity index (χ4n) is 3.10. The minimum absolute atomic E-state index is 0. The highest BCUT2D eigenvalue weighted by Gasteiger charge is 2.66. The summed E-state index contributed by atoms with van der Waals surface area (Å²) in [6.45, 7) is 3.27. The van der Waals surface area contributed by atoms with Crippen LogP contribution >= 0.6 is 11.8 Å². The number of β-lactam (4-membered cyclic amide) rings is 1. The number of carboxylic acid groups (broad SMARTS) is 1. The number of benzene rings is 1. The SMILES string of the molecule is C.CCOC1(NC(=O)COc2ccccc2)C(=O)N2C(C(=O)O)=C(C)CSC21. The number of carbonyl (C=O) groups is 3. The Hall–Kier alpha value is -2.52. The fraction of sp³-hybridized carbons (Fsp3) is 0.421. The van der Waals surface area contributed by atoms with Gasteiger partial charge in [-0.15, -0.1) is 11.8 Å². The van der Waals surface area contributed by atoms with E-state index in [1.807, 2.05) is 6.07 Å². The van der Waals surface area contributed by atoms with Crippen LogP contribution in [0, 0.1) is 0 Å². The molecule has 2 amide bonds. The van der Waals surface area contributed by atoms with Crippen LogP contribution in [-0.4, -0.2) is 57.9 Å². The topological polar surface area (TPSA) is 105 Å². The second-order valence-electron chi connectivity index (χ2n) is 6.09. The average molecular weight is 408 g/mol. The van der Waals surface area contributed by atoms with E-state index in [1.54, 1.807) is 38.1 Å². The van der Waals surface area contributed by atoms with Gasteiger partial charge in [0.15, 0.2) is 6.61 Å². The first kappa shape index (κ1) is 21.8. The van der Waals surface area contributed by atoms with Gasteiger partial charge in [0.05, 0.1) is 0 Å². The van der Waals surface area contributed by atoms with Crippen LogP contribution < -0.4 is 10.1 Å². The Morgan fingerprint density at radius 1 is 1.36 bits per heavy atom. The molecule has 0 spiro atoms. The number of carboxylic acids is 1. The van der Waals surface area contributed by atoms with Gasteiger partial charge in [0.25, 0.3) is 17.5 Å². The van der Waals surface area contributed by atoms with Gasteiger partial charge in [-0.25, -0.2) is 4.79 Å². The first-order valence-electron chi connectivity index (χ1n) is 8.41. The number of aliphatic carboxylic acids is 1. The molecule has 1 aromatic rings. The third-order valence-corrected chi connectivity index (χ3v) is 5.69. The van der Waals surface area contributed by atoms with Gasteiger partial charge in [-0.1, -0.05) is 25.6 Å². The lowest BCUT2D eigenvalue weighted by Crippen LogP contribution is -2.81. The molecule has 0 bridgehead atoms. The lowest BCUT2D eigenvalue weighted by atomic mass is 9.98. The quantitative estimate of drug-likeness (QED) is 0.524. The van der Waals surface area contributed by atoms with Crippen molar-refractivity contribution in [3.8, 4) is 5.75 Å². The van der Waals surface area contributed by atoms with Gasteiger partial charge in [0.2, 0.25) is 0 Å². The Morgan fingerprint density at radius 2 is 2.04 bits per heavy atom. The van der Waals surface area contributed by atoms with Gasteiger partial charge in [0.1, 0.15) is 16.8 Å². The molecule has 8 nitrogen and oxygen atoms in total. The zero-order chi connectivity index (χ0) is 19.6. The molecule has 1 saturated heterocycles. The molecule has 152 valence electrons. The van der Waals surface area contributed by atoms with Crippen LogP contribution in [0.5, 0.6) is 5.75 Å². The molecule has 2 atom stereocenters. The van der Waals surface area contributed by atoms with Crippen molar-refractivity contribution in [2.75, 3.05) is 19.0 Å². The van der Waals surface area contributed by atoms with E-state index in [0.717, 1.165) is 0 Å². The van der Waals surface area contributed by atoms with Crippen molar-refractivity contribution >= 4 is 29.5 Å². The standard InChI is InChI=1S/C18H20N2O6S.CH4/c1-3-26-18(19-13(21)9-25-12-7-5-4-6-8-12)16(24)20-14(15(22)23)11(2)10-27-17(18)20;/h4-8,17H,3,9-10H2,1-2H3,(H,19,21)(H,22,23);1H4. The maximum atomic E-state index is 12.8. The van der Waals surface area contributed by atoms with Crippen molar-refractivity contribution in [2.45, 2.75) is 32.4 Å². The molecule has 1 aromatic carbocycles. The first-order chi connectivity index (χ1) is 12.9. The van der Waals surface area contributed by atoms with Crippen molar-refractivity contribution < 1.29 is 29.0 Å². The lowest BCUT2D eigenvalue weighted by Gasteiger charge is -2.56. The molecule has 2 N–H and O–H groups in total. The number of nitrogens with one attached hydrogen (secondary N) is 1. The number of hydrogen-bond donors (Lipinski definition) is 2. The zero-order valence-electron chi connectivity index (χ0n) is 14.9. The van der Waals surface area contributed by atoms with E-state index in [-0.39, 0.29) is 26.3 Å². The molecule has 2 aliphatic rings. The van der Waals surface area contributed by atoms with Gasteiger partial charge in [-0.3, -0.25) is 14.5 Å². The summed E-state index contributed by atoms with van der Waals surface area (Å²) in [5, 5.41) is 11.4. The van der Waals surface area contributed by atoms with Crippen molar-refractivity contribution in [2.24, 2.45) is 0 Å². The normalized spacial score (nSPS) is 23.3. The Balaban J connectivity index is 0.00000280. The Labute approximate surface area is 167 Å². The summed E-state index contributed by atoms with van der Waals surface area (Å²) < 4.78 is 11.0. The van der Waals surface area contributed by atoms with E-state index >= 15 is 0 Å². The summed E-state index contributed by atoms with van der Waals surface area (Å²) in [6, 6.07) is 8.82. The van der Waals surface area contributed by atoms with Gasteiger partial charge in [-0.05, 0) is 31.6 Å². The molecule has 2 aliphatic heterocycles. The smallest absolute Gasteiger partial charge is 0.352 e. The Kier molecular flexibility index (Phi) is 6.73. The molecule has 3 rings (SSSR count). The monoisotopic (exact) mass is 408 g/mol. The minimum Gasteiger partial charge on any atom is -0.484 e. The van der Waals surface area contributed by atoms with Gasteiger partial charge in [-0.2, -0.15) is 0 Å². The predicted molar refractivity (Wildman–Crippen MR) is 105 cm³/mol. The average Bonchev–Trinajstić information content (AvgIpc) is 2.66. The van der Waals surface area contributed by atoms with Crippen molar-refractivity contribution in [3.05, 3.63) is 41.6 Å². The molecule has 0 aliphatic carbocycles. The number of thioether (sulfide) groups is 1. The van der Waals surface area contributed by atoms with Gasteiger partial charge in [0, 0.05) is 12.4 Å². The number of rotatable bonds is 7. The lowest BCUT2D eigenvalue weighted by molar-refractivity contribution is -0.197. The van der Waals surface area contributed by atoms with E-state index < -0.39 is 28.9 Å². The van der Waals surface area contributed by atoms with Crippen molar-refractivity contribution in [3.63, 3.8) is 0 Å². The predicted octanol–water partition coefficient (Wildman–Crippen LogP) is 1.82. The van der Waals surface area contributed by atoms with Gasteiger partial charge >= 0.3 is 5.97 Å². The number of hydrogen-bond acceptors (Lipinski definition) is 6. The number of amides is 2. The largest absolute Gasteiger partial charge is 0.484 e. The number of para-hydroxylation sites is 1. The fourth-order valence-corrected chi connectivity index (χ4v) is 4.46. The maximum absolute atomic E-state index is 12.8. The van der Waals surface area contributed by atoms with Gasteiger partial charge < -0.3 is 19.9 Å². The Morgan fingerprint density at radius 3 is 2.64 bits per heavy atom. The molecule has 9 heteroatoms. The van der Waals surface area contributed by atoms with E-state index in [4.69, 9.17) is 9.47 Å². The van der Waals surface area contributed by atoms with E-state index in [9.17, 15) is 19.5 Å². The third kappa shape index (κ3) is 3.72. The molecule has 2 unspecified atom stereocenters. The summed E-state index contributed by atoms with van der Waals surface area (Å²) in [6.07, 6.45) is 0. The van der Waals surface area contributed by atoms with Crippen LogP contribution in [0.1, 0.15) is 21.3 Å². The van der Waals surface area contributed by atoms with Crippen LogP contribution in [0.2, 0.25) is 0 Å². The maximum Gasteiger partial charge on any atom is 0.352 e. The third-order valence-electron chi connectivity index (χ3n) is 4.23. The minimum atomic E-state index is -1.59. The summed E-state index contributed by atoms with van der Waals surface area (Å²) in [5.74, 6) is -1.33. The van der Waals surface area contributed by atoms with E-state index in [2.05, 4.69) is 5.32 Å². The summed E-state index contributed by atoms with van der Waals surface area (Å²) >= 11 is 1.35. The van der Waals surface area contributed by atoms with Crippen molar-refractivity contribution in [1.82, 2.24) is 10.2 Å². The van der Waals surface area contributed by atoms with Crippen molar-refractivity contribution in [1.29, 1.82) is 0 Å². The molecule has 28 heavy (non-hydrogen) atoms. The van der Waals surface area contributed by atoms with Crippen LogP contribution in [0.3, 0.4) is 0 Å². The molecular weight excluding hydrogens is 384 g/mol. The molecule has 0 radical (unpaired) electrons. The van der Waals surface area contributed by atoms with Crippen LogP contribution in [-0.2, 0) is 19.1 Å². The first-order valence-corrected chi connectivity index (χ1v) is 9.46. The van der Waals surface area contributed by atoms with E-state index in [0.29, 0.717) is 17.1 Å². The van der Waals surface area contributed by atoms with Crippen LogP contribution in [0.15, 0.2) is 41.6 Å². The highest BCUT2D eigenvalue weighted by Crippen LogP contribution is 2.46. The molecule has 2 heterocycles. The molecule has 1 fully saturated rings. The second-order valence-corrected chi connectivity index (χ2v) is 7.16. The highest BCUT2D eigenvalue weighted by molar-refractivity contribution is 8.00. The molecular formula is C19H24N2O6S. The number of carbonyl (C=O) groups excluding carboxylic acids is 2. The Bertz CT molecular complexity index is 797.